The Hall–Kier alpha value is -3.04. The highest BCUT2D eigenvalue weighted by atomic mass is 35.5. The molecule has 0 fully saturated rings. The number of carbonyl (C=O) groups excluding carboxylic acids is 1. The lowest BCUT2D eigenvalue weighted by molar-refractivity contribution is -0.137. The number of benzene rings is 3. The van der Waals surface area contributed by atoms with Gasteiger partial charge in [-0.3, -0.25) is 9.10 Å². The van der Waals surface area contributed by atoms with Crippen LogP contribution in [0.3, 0.4) is 0 Å². The molecule has 31 heavy (non-hydrogen) atoms. The van der Waals surface area contributed by atoms with Crippen LogP contribution in [0.15, 0.2) is 83.8 Å². The number of para-hydroxylation sites is 2. The largest absolute Gasteiger partial charge is 0.418 e. The second-order valence-corrected chi connectivity index (χ2v) is 8.69. The van der Waals surface area contributed by atoms with E-state index in [-0.39, 0.29) is 10.6 Å². The number of hydrogen-bond donors (Lipinski definition) is 1. The first-order chi connectivity index (χ1) is 14.6. The zero-order chi connectivity index (χ0) is 22.6. The topological polar surface area (TPSA) is 66.5 Å². The highest BCUT2D eigenvalue weighted by Gasteiger charge is 2.34. The van der Waals surface area contributed by atoms with E-state index in [4.69, 9.17) is 11.6 Å². The molecular formula is C21H16ClF3N2O3S. The van der Waals surface area contributed by atoms with E-state index in [1.54, 1.807) is 18.2 Å². The van der Waals surface area contributed by atoms with E-state index in [2.05, 4.69) is 5.32 Å². The molecule has 5 nitrogen and oxygen atoms in total. The van der Waals surface area contributed by atoms with Crippen molar-refractivity contribution in [3.63, 3.8) is 0 Å². The first-order valence-electron chi connectivity index (χ1n) is 8.88. The Labute approximate surface area is 182 Å². The lowest BCUT2D eigenvalue weighted by atomic mass is 10.1. The van der Waals surface area contributed by atoms with Crippen molar-refractivity contribution in [1.82, 2.24) is 0 Å². The third-order valence-corrected chi connectivity index (χ3v) is 6.28. The van der Waals surface area contributed by atoms with E-state index in [9.17, 15) is 26.4 Å². The molecule has 3 aromatic rings. The summed E-state index contributed by atoms with van der Waals surface area (Å²) in [6, 6.07) is 17.6. The van der Waals surface area contributed by atoms with E-state index >= 15 is 0 Å². The van der Waals surface area contributed by atoms with Crippen LogP contribution in [0, 0.1) is 0 Å². The number of carbonyl (C=O) groups is 1. The Morgan fingerprint density at radius 1 is 0.903 bits per heavy atom. The molecule has 0 saturated carbocycles. The molecule has 0 aliphatic heterocycles. The minimum absolute atomic E-state index is 0.121. The molecule has 10 heteroatoms. The summed E-state index contributed by atoms with van der Waals surface area (Å²) in [4.78, 5) is 12.5. The molecule has 1 amide bonds. The average Bonchev–Trinajstić information content (AvgIpc) is 2.72. The SMILES string of the molecule is O=C(CN(c1ccccc1)S(=O)(=O)c1ccc(Cl)cc1)Nc1ccccc1C(F)(F)F. The second-order valence-electron chi connectivity index (χ2n) is 6.39. The van der Waals surface area contributed by atoms with E-state index in [1.807, 2.05) is 0 Å². The molecule has 0 bridgehead atoms. The van der Waals surface area contributed by atoms with Gasteiger partial charge in [0.25, 0.3) is 10.0 Å². The molecule has 0 radical (unpaired) electrons. The molecule has 162 valence electrons. The monoisotopic (exact) mass is 468 g/mol. The predicted octanol–water partition coefficient (Wildman–Crippen LogP) is 5.19. The summed E-state index contributed by atoms with van der Waals surface area (Å²) < 4.78 is 66.8. The van der Waals surface area contributed by atoms with Gasteiger partial charge < -0.3 is 5.32 Å². The smallest absolute Gasteiger partial charge is 0.324 e. The lowest BCUT2D eigenvalue weighted by Crippen LogP contribution is -2.38. The third-order valence-electron chi connectivity index (χ3n) is 4.24. The van der Waals surface area contributed by atoms with Crippen molar-refractivity contribution in [3.05, 3.63) is 89.4 Å². The van der Waals surface area contributed by atoms with Gasteiger partial charge in [0, 0.05) is 5.02 Å². The fourth-order valence-corrected chi connectivity index (χ4v) is 4.35. The van der Waals surface area contributed by atoms with Crippen molar-refractivity contribution >= 4 is 38.9 Å². The predicted molar refractivity (Wildman–Crippen MR) is 112 cm³/mol. The fourth-order valence-electron chi connectivity index (χ4n) is 2.80. The molecular weight excluding hydrogens is 453 g/mol. The van der Waals surface area contributed by atoms with Crippen molar-refractivity contribution in [2.75, 3.05) is 16.2 Å². The zero-order valence-electron chi connectivity index (χ0n) is 15.8. The van der Waals surface area contributed by atoms with Crippen molar-refractivity contribution in [3.8, 4) is 0 Å². The van der Waals surface area contributed by atoms with Crippen LogP contribution < -0.4 is 9.62 Å². The molecule has 3 rings (SSSR count). The summed E-state index contributed by atoms with van der Waals surface area (Å²) in [5.74, 6) is -0.932. The number of nitrogens with zero attached hydrogens (tertiary/aromatic N) is 1. The Morgan fingerprint density at radius 2 is 1.48 bits per heavy atom. The number of rotatable bonds is 6. The quantitative estimate of drug-likeness (QED) is 0.541. The number of hydrogen-bond acceptors (Lipinski definition) is 3. The van der Waals surface area contributed by atoms with E-state index < -0.39 is 39.9 Å². The Bertz CT molecular complexity index is 1170. The third kappa shape index (κ3) is 5.36. The van der Waals surface area contributed by atoms with Gasteiger partial charge in [-0.05, 0) is 48.5 Å². The maximum atomic E-state index is 13.2. The Balaban J connectivity index is 1.94. The molecule has 0 unspecified atom stereocenters. The van der Waals surface area contributed by atoms with E-state index in [0.29, 0.717) is 5.02 Å². The summed E-state index contributed by atoms with van der Waals surface area (Å²) in [6.45, 7) is -0.735. The molecule has 0 aromatic heterocycles. The Kier molecular flexibility index (Phi) is 6.56. The molecule has 0 aliphatic rings. The van der Waals surface area contributed by atoms with Crippen LogP contribution in [0.4, 0.5) is 24.5 Å². The van der Waals surface area contributed by atoms with Gasteiger partial charge in [0.1, 0.15) is 6.54 Å². The summed E-state index contributed by atoms with van der Waals surface area (Å²) in [5, 5.41) is 2.49. The lowest BCUT2D eigenvalue weighted by Gasteiger charge is -2.24. The molecule has 0 atom stereocenters. The van der Waals surface area contributed by atoms with Gasteiger partial charge in [0.2, 0.25) is 5.91 Å². The maximum absolute atomic E-state index is 13.2. The maximum Gasteiger partial charge on any atom is 0.418 e. The second kappa shape index (κ2) is 8.99. The Morgan fingerprint density at radius 3 is 2.10 bits per heavy atom. The van der Waals surface area contributed by atoms with Crippen LogP contribution in [0.5, 0.6) is 0 Å². The molecule has 0 saturated heterocycles. The minimum Gasteiger partial charge on any atom is -0.324 e. The van der Waals surface area contributed by atoms with Crippen LogP contribution in [0.1, 0.15) is 5.56 Å². The molecule has 0 spiro atoms. The van der Waals surface area contributed by atoms with Gasteiger partial charge in [-0.25, -0.2) is 8.42 Å². The summed E-state index contributed by atoms with van der Waals surface area (Å²) in [6.07, 6.45) is -4.68. The van der Waals surface area contributed by atoms with Crippen LogP contribution in [-0.4, -0.2) is 20.9 Å². The minimum atomic E-state index is -4.68. The first-order valence-corrected chi connectivity index (χ1v) is 10.7. The molecule has 1 N–H and O–H groups in total. The first kappa shape index (κ1) is 22.6. The molecule has 3 aromatic carbocycles. The number of amides is 1. The van der Waals surface area contributed by atoms with Crippen LogP contribution >= 0.6 is 11.6 Å². The number of halogens is 4. The highest BCUT2D eigenvalue weighted by Crippen LogP contribution is 2.34. The van der Waals surface area contributed by atoms with Crippen molar-refractivity contribution < 1.29 is 26.4 Å². The molecule has 0 aliphatic carbocycles. The summed E-state index contributed by atoms with van der Waals surface area (Å²) in [7, 11) is -4.21. The van der Waals surface area contributed by atoms with Crippen LogP contribution in [0.2, 0.25) is 5.02 Å². The number of sulfonamides is 1. The van der Waals surface area contributed by atoms with Crippen molar-refractivity contribution in [1.29, 1.82) is 0 Å². The normalized spacial score (nSPS) is 11.7. The number of alkyl halides is 3. The van der Waals surface area contributed by atoms with E-state index in [0.717, 1.165) is 16.4 Å². The number of nitrogens with one attached hydrogen (secondary N) is 1. The number of anilines is 2. The van der Waals surface area contributed by atoms with Crippen LogP contribution in [0.25, 0.3) is 0 Å². The highest BCUT2D eigenvalue weighted by molar-refractivity contribution is 7.92. The van der Waals surface area contributed by atoms with Crippen molar-refractivity contribution in [2.45, 2.75) is 11.1 Å². The van der Waals surface area contributed by atoms with Gasteiger partial charge in [0.15, 0.2) is 0 Å². The summed E-state index contributed by atoms with van der Waals surface area (Å²) in [5.41, 5.74) is -1.32. The van der Waals surface area contributed by atoms with Gasteiger partial charge in [-0.1, -0.05) is 41.9 Å². The average molecular weight is 469 g/mol. The fraction of sp³-hybridized carbons (Fsp3) is 0.0952. The van der Waals surface area contributed by atoms with Crippen molar-refractivity contribution in [2.24, 2.45) is 0 Å². The molecule has 0 heterocycles. The summed E-state index contributed by atoms with van der Waals surface area (Å²) >= 11 is 5.82. The van der Waals surface area contributed by atoms with Gasteiger partial charge in [-0.15, -0.1) is 0 Å². The standard InChI is InChI=1S/C21H16ClF3N2O3S/c22-15-10-12-17(13-11-15)31(29,30)27(16-6-2-1-3-7-16)14-20(28)26-19-9-5-4-8-18(19)21(23,24)25/h1-13H,14H2,(H,26,28). The van der Waals surface area contributed by atoms with Gasteiger partial charge in [-0.2, -0.15) is 13.2 Å². The van der Waals surface area contributed by atoms with Gasteiger partial charge >= 0.3 is 6.18 Å². The van der Waals surface area contributed by atoms with E-state index in [1.165, 1.54) is 48.5 Å². The zero-order valence-corrected chi connectivity index (χ0v) is 17.4. The van der Waals surface area contributed by atoms with Gasteiger partial charge in [0.05, 0.1) is 21.8 Å². The van der Waals surface area contributed by atoms with Crippen LogP contribution in [-0.2, 0) is 21.0 Å².